The van der Waals surface area contributed by atoms with E-state index in [1.165, 1.54) is 0 Å². The van der Waals surface area contributed by atoms with Gasteiger partial charge in [-0.15, -0.1) is 0 Å². The molecule has 5 heteroatoms. The first-order chi connectivity index (χ1) is 13.9. The van der Waals surface area contributed by atoms with Crippen molar-refractivity contribution in [2.75, 3.05) is 0 Å². The van der Waals surface area contributed by atoms with Crippen LogP contribution in [-0.4, -0.2) is 10.8 Å². The van der Waals surface area contributed by atoms with E-state index >= 15 is 0 Å². The summed E-state index contributed by atoms with van der Waals surface area (Å²) in [7, 11) is 0. The lowest BCUT2D eigenvalue weighted by Gasteiger charge is -2.21. The molecule has 148 valence electrons. The van der Waals surface area contributed by atoms with Gasteiger partial charge < -0.3 is 13.7 Å². The number of hydrogen-bond donors (Lipinski definition) is 0. The molecule has 0 radical (unpaired) electrons. The molecule has 4 rings (SSSR count). The summed E-state index contributed by atoms with van der Waals surface area (Å²) in [6, 6.07) is 15.3. The number of halogens is 1. The number of furan rings is 2. The molecule has 0 N–H and O–H groups in total. The molecule has 2 heterocycles. The number of amides is 1. The van der Waals surface area contributed by atoms with Crippen molar-refractivity contribution in [3.63, 3.8) is 0 Å². The molecular weight excluding hydrogens is 386 g/mol. The summed E-state index contributed by atoms with van der Waals surface area (Å²) in [5, 5.41) is 1.65. The van der Waals surface area contributed by atoms with E-state index in [-0.39, 0.29) is 5.91 Å². The van der Waals surface area contributed by atoms with E-state index in [0.717, 1.165) is 33.2 Å². The van der Waals surface area contributed by atoms with Crippen LogP contribution in [0, 0.1) is 20.8 Å². The van der Waals surface area contributed by atoms with Gasteiger partial charge in [0.2, 0.25) is 0 Å². The molecule has 4 nitrogen and oxygen atoms in total. The van der Waals surface area contributed by atoms with Crippen LogP contribution in [0.25, 0.3) is 11.0 Å². The highest BCUT2D eigenvalue weighted by atomic mass is 35.5. The molecule has 29 heavy (non-hydrogen) atoms. The Morgan fingerprint density at radius 2 is 1.79 bits per heavy atom. The van der Waals surface area contributed by atoms with Crippen LogP contribution < -0.4 is 0 Å². The second-order valence-corrected chi connectivity index (χ2v) is 7.82. The number of hydrogen-bond acceptors (Lipinski definition) is 3. The van der Waals surface area contributed by atoms with Gasteiger partial charge in [-0.25, -0.2) is 0 Å². The van der Waals surface area contributed by atoms with Crippen molar-refractivity contribution in [1.29, 1.82) is 0 Å². The SMILES string of the molecule is Cc1cc(C)c2oc(C(=O)N(Cc3ccc(Cl)cc3)Cc3ccco3)c(C)c2c1. The van der Waals surface area contributed by atoms with E-state index in [1.807, 2.05) is 57.2 Å². The van der Waals surface area contributed by atoms with Crippen molar-refractivity contribution in [3.8, 4) is 0 Å². The Morgan fingerprint density at radius 1 is 1.03 bits per heavy atom. The third kappa shape index (κ3) is 3.94. The largest absolute Gasteiger partial charge is 0.467 e. The van der Waals surface area contributed by atoms with Gasteiger partial charge in [0.15, 0.2) is 5.76 Å². The van der Waals surface area contributed by atoms with Gasteiger partial charge in [-0.3, -0.25) is 4.79 Å². The fourth-order valence-corrected chi connectivity index (χ4v) is 3.74. The van der Waals surface area contributed by atoms with Crippen LogP contribution in [0.4, 0.5) is 0 Å². The predicted molar refractivity (Wildman–Crippen MR) is 114 cm³/mol. The molecule has 1 amide bonds. The van der Waals surface area contributed by atoms with Gasteiger partial charge in [0.05, 0.1) is 12.8 Å². The number of aryl methyl sites for hydroxylation is 3. The number of fused-ring (bicyclic) bond motifs is 1. The Morgan fingerprint density at radius 3 is 2.48 bits per heavy atom. The zero-order valence-corrected chi connectivity index (χ0v) is 17.4. The van der Waals surface area contributed by atoms with Gasteiger partial charge in [0.1, 0.15) is 11.3 Å². The van der Waals surface area contributed by atoms with E-state index in [2.05, 4.69) is 12.1 Å². The number of rotatable bonds is 5. The van der Waals surface area contributed by atoms with E-state index in [0.29, 0.717) is 29.6 Å². The van der Waals surface area contributed by atoms with Gasteiger partial charge in [0.25, 0.3) is 5.91 Å². The fourth-order valence-electron chi connectivity index (χ4n) is 3.62. The molecule has 0 unspecified atom stereocenters. The quantitative estimate of drug-likeness (QED) is 0.382. The number of carbonyl (C=O) groups excluding carboxylic acids is 1. The highest BCUT2D eigenvalue weighted by molar-refractivity contribution is 6.30. The van der Waals surface area contributed by atoms with Crippen molar-refractivity contribution in [2.45, 2.75) is 33.9 Å². The number of carbonyl (C=O) groups is 1. The summed E-state index contributed by atoms with van der Waals surface area (Å²) < 4.78 is 11.5. The molecule has 0 fully saturated rings. The zero-order chi connectivity index (χ0) is 20.5. The molecule has 4 aromatic rings. The molecule has 0 atom stereocenters. The summed E-state index contributed by atoms with van der Waals surface area (Å²) in [4.78, 5) is 15.2. The van der Waals surface area contributed by atoms with Crippen LogP contribution in [0.2, 0.25) is 5.02 Å². The van der Waals surface area contributed by atoms with Crippen molar-refractivity contribution < 1.29 is 13.6 Å². The van der Waals surface area contributed by atoms with Crippen LogP contribution in [0.3, 0.4) is 0 Å². The molecule has 0 saturated carbocycles. The van der Waals surface area contributed by atoms with E-state index in [1.54, 1.807) is 11.2 Å². The maximum Gasteiger partial charge on any atom is 0.290 e. The lowest BCUT2D eigenvalue weighted by atomic mass is 10.1. The Balaban J connectivity index is 1.72. The highest BCUT2D eigenvalue weighted by Gasteiger charge is 2.25. The predicted octanol–water partition coefficient (Wildman–Crippen LogP) is 6.45. The van der Waals surface area contributed by atoms with Crippen molar-refractivity contribution >= 4 is 28.5 Å². The van der Waals surface area contributed by atoms with Crippen molar-refractivity contribution in [3.05, 3.63) is 93.6 Å². The molecular formula is C24H22ClNO3. The average Bonchev–Trinajstić information content (AvgIpc) is 3.31. The van der Waals surface area contributed by atoms with Gasteiger partial charge in [-0.2, -0.15) is 0 Å². The number of benzene rings is 2. The van der Waals surface area contributed by atoms with E-state index in [9.17, 15) is 4.79 Å². The van der Waals surface area contributed by atoms with Crippen LogP contribution in [0.1, 0.15) is 38.6 Å². The smallest absolute Gasteiger partial charge is 0.290 e. The molecule has 0 aliphatic heterocycles. The monoisotopic (exact) mass is 407 g/mol. The summed E-state index contributed by atoms with van der Waals surface area (Å²) in [6.45, 7) is 6.75. The molecule has 2 aromatic carbocycles. The summed E-state index contributed by atoms with van der Waals surface area (Å²) >= 11 is 6.00. The molecule has 0 saturated heterocycles. The molecule has 0 bridgehead atoms. The lowest BCUT2D eigenvalue weighted by Crippen LogP contribution is -2.30. The van der Waals surface area contributed by atoms with E-state index in [4.69, 9.17) is 20.4 Å². The summed E-state index contributed by atoms with van der Waals surface area (Å²) in [5.41, 5.74) is 4.78. The second-order valence-electron chi connectivity index (χ2n) is 7.38. The minimum atomic E-state index is -0.165. The Bertz CT molecular complexity index is 1160. The van der Waals surface area contributed by atoms with Crippen molar-refractivity contribution in [2.24, 2.45) is 0 Å². The Hall–Kier alpha value is -2.98. The fraction of sp³-hybridized carbons (Fsp3) is 0.208. The minimum absolute atomic E-state index is 0.165. The maximum absolute atomic E-state index is 13.5. The topological polar surface area (TPSA) is 46.6 Å². The molecule has 0 aliphatic carbocycles. The molecule has 0 aliphatic rings. The standard InChI is InChI=1S/C24H22ClNO3/c1-15-11-16(2)22-21(12-15)17(3)23(29-22)24(27)26(14-20-5-4-10-28-20)13-18-6-8-19(25)9-7-18/h4-12H,13-14H2,1-3H3. The summed E-state index contributed by atoms with van der Waals surface area (Å²) in [5.74, 6) is 0.921. The first-order valence-corrected chi connectivity index (χ1v) is 9.86. The van der Waals surface area contributed by atoms with Crippen molar-refractivity contribution in [1.82, 2.24) is 4.90 Å². The van der Waals surface area contributed by atoms with Gasteiger partial charge in [-0.1, -0.05) is 29.8 Å². The minimum Gasteiger partial charge on any atom is -0.467 e. The van der Waals surface area contributed by atoms with Crippen LogP contribution >= 0.6 is 11.6 Å². The van der Waals surface area contributed by atoms with E-state index < -0.39 is 0 Å². The highest BCUT2D eigenvalue weighted by Crippen LogP contribution is 2.30. The van der Waals surface area contributed by atoms with Gasteiger partial charge in [-0.05, 0) is 67.8 Å². The number of nitrogens with zero attached hydrogens (tertiary/aromatic N) is 1. The van der Waals surface area contributed by atoms with Crippen LogP contribution in [-0.2, 0) is 13.1 Å². The molecule has 2 aromatic heterocycles. The van der Waals surface area contributed by atoms with Crippen LogP contribution in [0.15, 0.2) is 63.6 Å². The Kier molecular flexibility index (Phi) is 5.20. The summed E-state index contributed by atoms with van der Waals surface area (Å²) in [6.07, 6.45) is 1.61. The normalized spacial score (nSPS) is 11.2. The zero-order valence-electron chi connectivity index (χ0n) is 16.7. The second kappa shape index (κ2) is 7.80. The van der Waals surface area contributed by atoms with Gasteiger partial charge >= 0.3 is 0 Å². The first-order valence-electron chi connectivity index (χ1n) is 9.49. The maximum atomic E-state index is 13.5. The Labute approximate surface area is 174 Å². The third-order valence-electron chi connectivity index (χ3n) is 5.06. The van der Waals surface area contributed by atoms with Crippen LogP contribution in [0.5, 0.6) is 0 Å². The third-order valence-corrected chi connectivity index (χ3v) is 5.31. The molecule has 0 spiro atoms. The lowest BCUT2D eigenvalue weighted by molar-refractivity contribution is 0.0686. The van der Waals surface area contributed by atoms with Gasteiger partial charge in [0, 0.05) is 22.5 Å². The first kappa shape index (κ1) is 19.3. The average molecular weight is 408 g/mol.